The van der Waals surface area contributed by atoms with Crippen molar-refractivity contribution in [3.8, 4) is 0 Å². The van der Waals surface area contributed by atoms with Crippen LogP contribution in [0, 0.1) is 11.8 Å². The molecule has 162 valence electrons. The van der Waals surface area contributed by atoms with Crippen LogP contribution in [-0.4, -0.2) is 22.0 Å². The van der Waals surface area contributed by atoms with E-state index in [0.717, 1.165) is 18.4 Å². The zero-order chi connectivity index (χ0) is 22.0. The maximum Gasteiger partial charge on any atom is 0.330 e. The summed E-state index contributed by atoms with van der Waals surface area (Å²) in [6, 6.07) is 7.51. The summed E-state index contributed by atoms with van der Waals surface area (Å²) in [5.41, 5.74) is 6.09. The van der Waals surface area contributed by atoms with Gasteiger partial charge in [0, 0.05) is 24.0 Å². The Kier molecular flexibility index (Phi) is 6.71. The third kappa shape index (κ3) is 4.46. The number of nitrogen functional groups attached to an aromatic ring is 1. The van der Waals surface area contributed by atoms with Gasteiger partial charge in [0.2, 0.25) is 5.91 Å². The molecule has 7 nitrogen and oxygen atoms in total. The summed E-state index contributed by atoms with van der Waals surface area (Å²) in [6.45, 7) is 6.65. The van der Waals surface area contributed by atoms with Crippen LogP contribution in [0.4, 0.5) is 11.5 Å². The number of nitrogens with one attached hydrogen (secondary N) is 1. The van der Waals surface area contributed by atoms with Gasteiger partial charge in [0.25, 0.3) is 5.56 Å². The van der Waals surface area contributed by atoms with Crippen molar-refractivity contribution in [1.82, 2.24) is 9.55 Å². The van der Waals surface area contributed by atoms with E-state index in [1.807, 2.05) is 45.0 Å². The minimum Gasteiger partial charge on any atom is -0.383 e. The van der Waals surface area contributed by atoms with Crippen molar-refractivity contribution in [3.63, 3.8) is 0 Å². The Labute approximate surface area is 180 Å². The third-order valence-electron chi connectivity index (χ3n) is 5.45. The topological polar surface area (TPSA) is 101 Å². The third-order valence-corrected chi connectivity index (χ3v) is 5.79. The van der Waals surface area contributed by atoms with E-state index in [1.54, 1.807) is 0 Å². The first-order valence-electron chi connectivity index (χ1n) is 10.4. The molecule has 8 heteroatoms. The predicted octanol–water partition coefficient (Wildman–Crippen LogP) is 3.37. The molecule has 1 aliphatic carbocycles. The zero-order valence-electron chi connectivity index (χ0n) is 17.7. The molecule has 0 bridgehead atoms. The van der Waals surface area contributed by atoms with E-state index < -0.39 is 11.2 Å². The van der Waals surface area contributed by atoms with Crippen LogP contribution in [-0.2, 0) is 11.3 Å². The van der Waals surface area contributed by atoms with Crippen LogP contribution in [0.5, 0.6) is 0 Å². The Morgan fingerprint density at radius 2 is 2.03 bits per heavy atom. The quantitative estimate of drug-likeness (QED) is 0.667. The molecule has 1 saturated carbocycles. The van der Waals surface area contributed by atoms with Gasteiger partial charge >= 0.3 is 5.69 Å². The van der Waals surface area contributed by atoms with Gasteiger partial charge in [-0.2, -0.15) is 0 Å². The number of unbranched alkanes of at least 4 members (excludes halogenated alkanes) is 1. The second-order valence-corrected chi connectivity index (χ2v) is 8.72. The Balaban J connectivity index is 1.98. The van der Waals surface area contributed by atoms with Crippen molar-refractivity contribution in [2.75, 3.05) is 17.2 Å². The summed E-state index contributed by atoms with van der Waals surface area (Å²) >= 11 is 6.31. The van der Waals surface area contributed by atoms with E-state index in [4.69, 9.17) is 17.3 Å². The number of H-pyrrole nitrogens is 1. The summed E-state index contributed by atoms with van der Waals surface area (Å²) in [4.78, 5) is 42.2. The van der Waals surface area contributed by atoms with Crippen LogP contribution in [0.2, 0.25) is 5.02 Å². The molecule has 30 heavy (non-hydrogen) atoms. The molecule has 2 atom stereocenters. The molecule has 1 heterocycles. The van der Waals surface area contributed by atoms with E-state index >= 15 is 0 Å². The van der Waals surface area contributed by atoms with Crippen LogP contribution in [0.3, 0.4) is 0 Å². The summed E-state index contributed by atoms with van der Waals surface area (Å²) < 4.78 is 1.34. The molecule has 2 unspecified atom stereocenters. The molecule has 1 aliphatic rings. The van der Waals surface area contributed by atoms with E-state index in [9.17, 15) is 14.4 Å². The molecule has 0 spiro atoms. The molecule has 0 aliphatic heterocycles. The number of halogens is 1. The molecule has 1 fully saturated rings. The smallest absolute Gasteiger partial charge is 0.330 e. The number of aromatic nitrogens is 2. The fourth-order valence-electron chi connectivity index (χ4n) is 3.82. The van der Waals surface area contributed by atoms with Crippen molar-refractivity contribution < 1.29 is 4.79 Å². The lowest BCUT2D eigenvalue weighted by Crippen LogP contribution is -2.42. The first-order chi connectivity index (χ1) is 14.3. The summed E-state index contributed by atoms with van der Waals surface area (Å²) in [5, 5.41) is 0.640. The van der Waals surface area contributed by atoms with Gasteiger partial charge in [-0.25, -0.2) is 4.79 Å². The monoisotopic (exact) mass is 432 g/mol. The number of nitrogens with zero attached hydrogens (tertiary/aromatic N) is 2. The minimum atomic E-state index is -0.628. The van der Waals surface area contributed by atoms with Crippen molar-refractivity contribution in [1.29, 1.82) is 0 Å². The van der Waals surface area contributed by atoms with Gasteiger partial charge in [-0.3, -0.25) is 19.1 Å². The van der Waals surface area contributed by atoms with Crippen LogP contribution >= 0.6 is 11.6 Å². The molecule has 0 radical (unpaired) electrons. The van der Waals surface area contributed by atoms with Gasteiger partial charge in [0.15, 0.2) is 5.69 Å². The van der Waals surface area contributed by atoms with Crippen molar-refractivity contribution in [3.05, 3.63) is 55.7 Å². The molecule has 1 aromatic carbocycles. The normalized spacial score (nSPS) is 17.9. The second-order valence-electron chi connectivity index (χ2n) is 8.31. The largest absolute Gasteiger partial charge is 0.383 e. The molecule has 1 amide bonds. The number of anilines is 2. The summed E-state index contributed by atoms with van der Waals surface area (Å²) in [5.74, 6) is -0.197. The molecular formula is C22H29ClN4O3. The molecule has 0 saturated heterocycles. The second kappa shape index (κ2) is 9.08. The van der Waals surface area contributed by atoms with Crippen LogP contribution < -0.4 is 21.9 Å². The number of amides is 1. The molecule has 2 aromatic rings. The lowest BCUT2D eigenvalue weighted by molar-refractivity contribution is -0.119. The lowest BCUT2D eigenvalue weighted by Gasteiger charge is -2.25. The highest BCUT2D eigenvalue weighted by atomic mass is 35.5. The molecule has 3 rings (SSSR count). The predicted molar refractivity (Wildman–Crippen MR) is 120 cm³/mol. The van der Waals surface area contributed by atoms with Crippen LogP contribution in [0.1, 0.15) is 51.5 Å². The number of aromatic amines is 1. The Hall–Kier alpha value is -2.54. The van der Waals surface area contributed by atoms with Crippen molar-refractivity contribution in [2.24, 2.45) is 11.8 Å². The van der Waals surface area contributed by atoms with Crippen LogP contribution in [0.25, 0.3) is 0 Å². The lowest BCUT2D eigenvalue weighted by atomic mass is 10.1. The van der Waals surface area contributed by atoms with Gasteiger partial charge < -0.3 is 10.6 Å². The molecular weight excluding hydrogens is 404 g/mol. The molecule has 3 N–H and O–H groups in total. The summed E-state index contributed by atoms with van der Waals surface area (Å²) in [7, 11) is 0. The number of hydrogen-bond donors (Lipinski definition) is 2. The van der Waals surface area contributed by atoms with E-state index in [0.29, 0.717) is 24.5 Å². The summed E-state index contributed by atoms with van der Waals surface area (Å²) in [6.07, 6.45) is 2.25. The highest BCUT2D eigenvalue weighted by molar-refractivity contribution is 6.31. The van der Waals surface area contributed by atoms with Gasteiger partial charge in [-0.15, -0.1) is 0 Å². The first-order valence-corrected chi connectivity index (χ1v) is 10.8. The number of rotatable bonds is 8. The highest BCUT2D eigenvalue weighted by Gasteiger charge is 2.47. The maximum atomic E-state index is 13.4. The fraction of sp³-hybridized carbons (Fsp3) is 0.500. The SMILES string of the molecule is CCCCN(C(=O)C1CC1c1ccccc1Cl)c1c(N)n(CC(C)C)c(=O)[nH]c1=O. The maximum absolute atomic E-state index is 13.4. The standard InChI is InChI=1S/C22H29ClN4O3/c1-4-5-10-26(18-19(24)27(12-13(2)3)22(30)25-20(18)28)21(29)16-11-15(16)14-8-6-7-9-17(14)23/h6-9,13,15-16H,4-5,10-12,24H2,1-3H3,(H,25,28,30). The van der Waals surface area contributed by atoms with Gasteiger partial charge in [0.05, 0.1) is 0 Å². The van der Waals surface area contributed by atoms with Crippen molar-refractivity contribution in [2.45, 2.75) is 52.5 Å². The van der Waals surface area contributed by atoms with E-state index in [1.165, 1.54) is 9.47 Å². The van der Waals surface area contributed by atoms with Gasteiger partial charge in [-0.05, 0) is 36.3 Å². The fourth-order valence-corrected chi connectivity index (χ4v) is 4.10. The Morgan fingerprint density at radius 1 is 1.33 bits per heavy atom. The molecule has 1 aromatic heterocycles. The van der Waals surface area contributed by atoms with Gasteiger partial charge in [0.1, 0.15) is 5.82 Å². The first kappa shape index (κ1) is 22.2. The minimum absolute atomic E-state index is 0.0252. The Morgan fingerprint density at radius 3 is 2.67 bits per heavy atom. The van der Waals surface area contributed by atoms with Crippen LogP contribution in [0.15, 0.2) is 33.9 Å². The number of nitrogens with two attached hydrogens (primary N) is 1. The Bertz CT molecular complexity index is 1040. The number of hydrogen-bond acceptors (Lipinski definition) is 4. The number of carbonyl (C=O) groups excluding carboxylic acids is 1. The highest BCUT2D eigenvalue weighted by Crippen LogP contribution is 2.50. The van der Waals surface area contributed by atoms with Crippen molar-refractivity contribution >= 4 is 29.0 Å². The van der Waals surface area contributed by atoms with E-state index in [-0.39, 0.29) is 35.2 Å². The average Bonchev–Trinajstić information content (AvgIpc) is 3.48. The average molecular weight is 433 g/mol. The van der Waals surface area contributed by atoms with E-state index in [2.05, 4.69) is 4.98 Å². The zero-order valence-corrected chi connectivity index (χ0v) is 18.4. The van der Waals surface area contributed by atoms with Gasteiger partial charge in [-0.1, -0.05) is 57.0 Å². The number of benzene rings is 1. The number of carbonyl (C=O) groups is 1.